The largest absolute Gasteiger partial charge is 0.444 e. The third kappa shape index (κ3) is 4.38. The van der Waals surface area contributed by atoms with Crippen molar-refractivity contribution in [2.24, 2.45) is 0 Å². The van der Waals surface area contributed by atoms with E-state index < -0.39 is 0 Å². The lowest BCUT2D eigenvalue weighted by atomic mass is 9.94. The number of amides is 1. The van der Waals surface area contributed by atoms with Gasteiger partial charge in [-0.25, -0.2) is 4.79 Å². The van der Waals surface area contributed by atoms with Gasteiger partial charge in [0.1, 0.15) is 6.61 Å². The minimum absolute atomic E-state index is 0.225. The van der Waals surface area contributed by atoms with E-state index in [2.05, 4.69) is 15.9 Å². The summed E-state index contributed by atoms with van der Waals surface area (Å²) in [6.45, 7) is 0.305. The van der Waals surface area contributed by atoms with Gasteiger partial charge in [0.25, 0.3) is 0 Å². The van der Waals surface area contributed by atoms with Gasteiger partial charge in [-0.2, -0.15) is 0 Å². The van der Waals surface area contributed by atoms with E-state index in [4.69, 9.17) is 4.74 Å². The summed E-state index contributed by atoms with van der Waals surface area (Å²) in [5.74, 6) is 0. The smallest absolute Gasteiger partial charge is 0.414 e. The Morgan fingerprint density at radius 2 is 1.67 bits per heavy atom. The molecule has 126 valence electrons. The molecule has 1 aliphatic rings. The van der Waals surface area contributed by atoms with Crippen LogP contribution in [-0.4, -0.2) is 12.1 Å². The number of nitrogens with zero attached hydrogens (tertiary/aromatic N) is 1. The first-order valence-corrected chi connectivity index (χ1v) is 9.29. The number of carbonyl (C=O) groups excluding carboxylic acids is 1. The van der Waals surface area contributed by atoms with E-state index in [1.807, 2.05) is 59.5 Å². The molecule has 2 aromatic carbocycles. The van der Waals surface area contributed by atoms with Gasteiger partial charge < -0.3 is 4.74 Å². The third-order valence-corrected chi connectivity index (χ3v) is 4.98. The molecule has 1 fully saturated rings. The number of rotatable bonds is 4. The molecule has 4 heteroatoms. The van der Waals surface area contributed by atoms with E-state index in [-0.39, 0.29) is 12.1 Å². The molecule has 1 saturated carbocycles. The van der Waals surface area contributed by atoms with Crippen LogP contribution in [0.25, 0.3) is 0 Å². The van der Waals surface area contributed by atoms with Crippen molar-refractivity contribution in [1.29, 1.82) is 0 Å². The molecule has 0 N–H and O–H groups in total. The van der Waals surface area contributed by atoms with Crippen LogP contribution in [0.2, 0.25) is 0 Å². The molecule has 0 heterocycles. The summed E-state index contributed by atoms with van der Waals surface area (Å²) in [4.78, 5) is 14.6. The van der Waals surface area contributed by atoms with Crippen molar-refractivity contribution >= 4 is 27.7 Å². The fraction of sp³-hybridized carbons (Fsp3) is 0.350. The number of anilines is 1. The van der Waals surface area contributed by atoms with Crippen LogP contribution >= 0.6 is 15.9 Å². The lowest BCUT2D eigenvalue weighted by Gasteiger charge is -2.33. The Hall–Kier alpha value is -1.81. The molecule has 1 aliphatic carbocycles. The average molecular weight is 388 g/mol. The van der Waals surface area contributed by atoms with E-state index in [0.29, 0.717) is 6.61 Å². The van der Waals surface area contributed by atoms with Gasteiger partial charge in [0.05, 0.1) is 0 Å². The van der Waals surface area contributed by atoms with E-state index >= 15 is 0 Å². The van der Waals surface area contributed by atoms with Crippen molar-refractivity contribution in [3.63, 3.8) is 0 Å². The molecular weight excluding hydrogens is 366 g/mol. The van der Waals surface area contributed by atoms with Crippen molar-refractivity contribution in [1.82, 2.24) is 0 Å². The second kappa shape index (κ2) is 8.34. The van der Waals surface area contributed by atoms with Crippen molar-refractivity contribution in [3.8, 4) is 0 Å². The maximum Gasteiger partial charge on any atom is 0.414 e. The molecule has 2 aromatic rings. The first kappa shape index (κ1) is 17.0. The topological polar surface area (TPSA) is 29.5 Å². The number of carbonyl (C=O) groups is 1. The Labute approximate surface area is 151 Å². The number of benzene rings is 2. The average Bonchev–Trinajstić information content (AvgIpc) is 2.64. The Bertz CT molecular complexity index is 651. The van der Waals surface area contributed by atoms with Crippen molar-refractivity contribution < 1.29 is 9.53 Å². The van der Waals surface area contributed by atoms with Crippen LogP contribution < -0.4 is 4.90 Å². The van der Waals surface area contributed by atoms with E-state index in [9.17, 15) is 4.79 Å². The lowest BCUT2D eigenvalue weighted by molar-refractivity contribution is 0.142. The number of hydrogen-bond donors (Lipinski definition) is 0. The number of ether oxygens (including phenoxy) is 1. The monoisotopic (exact) mass is 387 g/mol. The normalized spacial score (nSPS) is 15.0. The quantitative estimate of drug-likeness (QED) is 0.650. The summed E-state index contributed by atoms with van der Waals surface area (Å²) in [7, 11) is 0. The highest BCUT2D eigenvalue weighted by Gasteiger charge is 2.28. The minimum atomic E-state index is -0.256. The van der Waals surface area contributed by atoms with Gasteiger partial charge in [-0.15, -0.1) is 0 Å². The van der Waals surface area contributed by atoms with Gasteiger partial charge in [0.2, 0.25) is 0 Å². The van der Waals surface area contributed by atoms with Crippen molar-refractivity contribution in [2.45, 2.75) is 44.8 Å². The zero-order valence-electron chi connectivity index (χ0n) is 13.7. The predicted molar refractivity (Wildman–Crippen MR) is 100 cm³/mol. The van der Waals surface area contributed by atoms with Gasteiger partial charge in [-0.1, -0.05) is 65.5 Å². The summed E-state index contributed by atoms with van der Waals surface area (Å²) in [5.41, 5.74) is 1.91. The second-order valence-corrected chi connectivity index (χ2v) is 7.09. The van der Waals surface area contributed by atoms with Gasteiger partial charge in [0, 0.05) is 16.2 Å². The molecule has 0 bridgehead atoms. The van der Waals surface area contributed by atoms with E-state index in [1.54, 1.807) is 0 Å². The Morgan fingerprint density at radius 1 is 1.00 bits per heavy atom. The zero-order valence-corrected chi connectivity index (χ0v) is 15.2. The minimum Gasteiger partial charge on any atom is -0.444 e. The van der Waals surface area contributed by atoms with Crippen LogP contribution in [0.3, 0.4) is 0 Å². The van der Waals surface area contributed by atoms with Crippen LogP contribution in [0.4, 0.5) is 10.5 Å². The molecule has 0 aromatic heterocycles. The van der Waals surface area contributed by atoms with Crippen LogP contribution in [0.15, 0.2) is 59.1 Å². The van der Waals surface area contributed by atoms with Gasteiger partial charge in [-0.05, 0) is 42.7 Å². The molecule has 0 radical (unpaired) electrons. The maximum absolute atomic E-state index is 12.8. The van der Waals surface area contributed by atoms with Crippen LogP contribution in [0.5, 0.6) is 0 Å². The standard InChI is InChI=1S/C20H22BrNO2/c21-17-11-13-19(14-12-17)22(18-9-5-2-6-10-18)20(23)24-15-16-7-3-1-4-8-16/h1,3-4,7-8,11-14,18H,2,5-6,9-10,15H2. The van der Waals surface area contributed by atoms with Gasteiger partial charge in [0.15, 0.2) is 0 Å². The Kier molecular flexibility index (Phi) is 5.91. The highest BCUT2D eigenvalue weighted by molar-refractivity contribution is 9.10. The Morgan fingerprint density at radius 3 is 2.33 bits per heavy atom. The number of halogens is 1. The molecule has 0 saturated heterocycles. The zero-order chi connectivity index (χ0) is 16.8. The molecule has 3 rings (SSSR count). The number of hydrogen-bond acceptors (Lipinski definition) is 2. The summed E-state index contributed by atoms with van der Waals surface area (Å²) < 4.78 is 6.61. The van der Waals surface area contributed by atoms with Crippen molar-refractivity contribution in [3.05, 3.63) is 64.6 Å². The summed E-state index contributed by atoms with van der Waals surface area (Å²) in [6.07, 6.45) is 5.41. The van der Waals surface area contributed by atoms with Crippen molar-refractivity contribution in [2.75, 3.05) is 4.90 Å². The molecule has 0 aliphatic heterocycles. The first-order valence-electron chi connectivity index (χ1n) is 8.49. The highest BCUT2D eigenvalue weighted by Crippen LogP contribution is 2.29. The summed E-state index contributed by atoms with van der Waals surface area (Å²) in [5, 5.41) is 0. The fourth-order valence-corrected chi connectivity index (χ4v) is 3.46. The van der Waals surface area contributed by atoms with E-state index in [0.717, 1.165) is 28.6 Å². The summed E-state index contributed by atoms with van der Waals surface area (Å²) in [6, 6.07) is 17.9. The maximum atomic E-state index is 12.8. The fourth-order valence-electron chi connectivity index (χ4n) is 3.20. The van der Waals surface area contributed by atoms with E-state index in [1.165, 1.54) is 19.3 Å². The molecule has 0 spiro atoms. The predicted octanol–water partition coefficient (Wildman–Crippen LogP) is 5.93. The molecule has 24 heavy (non-hydrogen) atoms. The summed E-state index contributed by atoms with van der Waals surface area (Å²) >= 11 is 3.45. The lowest BCUT2D eigenvalue weighted by Crippen LogP contribution is -2.42. The highest BCUT2D eigenvalue weighted by atomic mass is 79.9. The second-order valence-electron chi connectivity index (χ2n) is 6.18. The van der Waals surface area contributed by atoms with Crippen LogP contribution in [0.1, 0.15) is 37.7 Å². The van der Waals surface area contributed by atoms with Gasteiger partial charge in [-0.3, -0.25) is 4.90 Å². The first-order chi connectivity index (χ1) is 11.7. The molecule has 0 unspecified atom stereocenters. The molecular formula is C20H22BrNO2. The molecule has 0 atom stereocenters. The van der Waals surface area contributed by atoms with Gasteiger partial charge >= 0.3 is 6.09 Å². The van der Waals surface area contributed by atoms with Crippen LogP contribution in [0, 0.1) is 0 Å². The Balaban J connectivity index is 1.75. The molecule has 3 nitrogen and oxygen atoms in total. The van der Waals surface area contributed by atoms with Crippen LogP contribution in [-0.2, 0) is 11.3 Å². The third-order valence-electron chi connectivity index (χ3n) is 4.45. The molecule has 1 amide bonds. The SMILES string of the molecule is O=C(OCc1ccccc1)N(c1ccc(Br)cc1)C1CCCCC1.